The number of benzene rings is 1. The molecule has 82 valence electrons. The van der Waals surface area contributed by atoms with Crippen LogP contribution in [0.25, 0.3) is 0 Å². The van der Waals surface area contributed by atoms with Crippen LogP contribution in [0.3, 0.4) is 0 Å². The number of ether oxygens (including phenoxy) is 1. The van der Waals surface area contributed by atoms with Crippen molar-refractivity contribution < 1.29 is 4.74 Å². The lowest BCUT2D eigenvalue weighted by atomic mass is 10.2. The Labute approximate surface area is 95.6 Å². The zero-order valence-corrected chi connectivity index (χ0v) is 9.63. The molecule has 0 radical (unpaired) electrons. The van der Waals surface area contributed by atoms with Crippen molar-refractivity contribution in [2.75, 3.05) is 19.0 Å². The summed E-state index contributed by atoms with van der Waals surface area (Å²) in [7, 11) is 1.74. The van der Waals surface area contributed by atoms with Crippen LogP contribution in [0.5, 0.6) is 0 Å². The molecule has 2 rings (SSSR count). The summed E-state index contributed by atoms with van der Waals surface area (Å²) in [5.74, 6) is 0.751. The number of rotatable bonds is 5. The number of para-hydroxylation sites is 1. The second-order valence-electron chi connectivity index (χ2n) is 4.02. The number of anilines is 1. The number of methoxy groups -OCH3 is 1. The molecule has 0 spiro atoms. The second kappa shape index (κ2) is 4.86. The SMILES string of the molecule is COCC(Nc1ccccc1Cl)C1CC1. The standard InChI is InChI=1S/C12H16ClNO/c1-15-8-12(9-6-7-9)14-11-5-3-2-4-10(11)13/h2-5,9,12,14H,6-8H2,1H3. The molecule has 0 amide bonds. The van der Waals surface area contributed by atoms with Crippen LogP contribution in [-0.4, -0.2) is 19.8 Å². The quantitative estimate of drug-likeness (QED) is 0.831. The van der Waals surface area contributed by atoms with E-state index in [1.54, 1.807) is 7.11 Å². The van der Waals surface area contributed by atoms with E-state index < -0.39 is 0 Å². The predicted molar refractivity (Wildman–Crippen MR) is 63.5 cm³/mol. The third-order valence-corrected chi connectivity index (χ3v) is 3.08. The van der Waals surface area contributed by atoms with Gasteiger partial charge < -0.3 is 10.1 Å². The monoisotopic (exact) mass is 225 g/mol. The molecule has 15 heavy (non-hydrogen) atoms. The van der Waals surface area contributed by atoms with Crippen molar-refractivity contribution in [3.8, 4) is 0 Å². The van der Waals surface area contributed by atoms with Gasteiger partial charge in [-0.05, 0) is 30.9 Å². The van der Waals surface area contributed by atoms with Crippen molar-refractivity contribution in [1.82, 2.24) is 0 Å². The Kier molecular flexibility index (Phi) is 3.49. The lowest BCUT2D eigenvalue weighted by molar-refractivity contribution is 0.179. The normalized spacial score (nSPS) is 17.5. The first-order valence-electron chi connectivity index (χ1n) is 5.31. The highest BCUT2D eigenvalue weighted by Crippen LogP contribution is 2.35. The zero-order chi connectivity index (χ0) is 10.7. The van der Waals surface area contributed by atoms with E-state index >= 15 is 0 Å². The van der Waals surface area contributed by atoms with Gasteiger partial charge in [-0.1, -0.05) is 23.7 Å². The van der Waals surface area contributed by atoms with Crippen LogP contribution in [0.1, 0.15) is 12.8 Å². The fourth-order valence-corrected chi connectivity index (χ4v) is 1.94. The van der Waals surface area contributed by atoms with E-state index in [1.165, 1.54) is 12.8 Å². The summed E-state index contributed by atoms with van der Waals surface area (Å²) >= 11 is 6.09. The van der Waals surface area contributed by atoms with Gasteiger partial charge >= 0.3 is 0 Å². The third-order valence-electron chi connectivity index (χ3n) is 2.75. The first-order chi connectivity index (χ1) is 7.31. The van der Waals surface area contributed by atoms with Crippen molar-refractivity contribution >= 4 is 17.3 Å². The Balaban J connectivity index is 2.02. The van der Waals surface area contributed by atoms with Crippen LogP contribution in [0.4, 0.5) is 5.69 Å². The number of halogens is 1. The van der Waals surface area contributed by atoms with Gasteiger partial charge in [-0.3, -0.25) is 0 Å². The summed E-state index contributed by atoms with van der Waals surface area (Å²) in [5.41, 5.74) is 1.01. The number of hydrogen-bond donors (Lipinski definition) is 1. The second-order valence-corrected chi connectivity index (χ2v) is 4.43. The van der Waals surface area contributed by atoms with Crippen molar-refractivity contribution in [2.45, 2.75) is 18.9 Å². The average molecular weight is 226 g/mol. The molecule has 0 heterocycles. The molecule has 1 atom stereocenters. The Morgan fingerprint density at radius 1 is 1.47 bits per heavy atom. The molecule has 0 bridgehead atoms. The van der Waals surface area contributed by atoms with E-state index in [0.29, 0.717) is 6.04 Å². The smallest absolute Gasteiger partial charge is 0.0666 e. The van der Waals surface area contributed by atoms with Gasteiger partial charge in [-0.15, -0.1) is 0 Å². The van der Waals surface area contributed by atoms with Crippen molar-refractivity contribution in [3.63, 3.8) is 0 Å². The van der Waals surface area contributed by atoms with Gasteiger partial charge in [0, 0.05) is 7.11 Å². The molecule has 0 saturated heterocycles. The lowest BCUT2D eigenvalue weighted by Gasteiger charge is -2.19. The molecule has 1 unspecified atom stereocenters. The molecule has 1 aromatic rings. The largest absolute Gasteiger partial charge is 0.383 e. The van der Waals surface area contributed by atoms with Crippen LogP contribution in [0.15, 0.2) is 24.3 Å². The van der Waals surface area contributed by atoms with E-state index in [-0.39, 0.29) is 0 Å². The first-order valence-corrected chi connectivity index (χ1v) is 5.69. The first kappa shape index (κ1) is 10.8. The Morgan fingerprint density at radius 2 is 2.20 bits per heavy atom. The zero-order valence-electron chi connectivity index (χ0n) is 8.87. The Morgan fingerprint density at radius 3 is 2.80 bits per heavy atom. The summed E-state index contributed by atoms with van der Waals surface area (Å²) in [4.78, 5) is 0. The summed E-state index contributed by atoms with van der Waals surface area (Å²) < 4.78 is 5.21. The van der Waals surface area contributed by atoms with E-state index in [0.717, 1.165) is 23.2 Å². The Bertz CT molecular complexity index is 325. The summed E-state index contributed by atoms with van der Waals surface area (Å²) in [5, 5.41) is 4.23. The molecule has 0 aromatic heterocycles. The summed E-state index contributed by atoms with van der Waals surface area (Å²) in [6, 6.07) is 8.24. The van der Waals surface area contributed by atoms with E-state index in [2.05, 4.69) is 5.32 Å². The predicted octanol–water partition coefficient (Wildman–Crippen LogP) is 3.18. The van der Waals surface area contributed by atoms with Crippen LogP contribution in [0.2, 0.25) is 5.02 Å². The van der Waals surface area contributed by atoms with Gasteiger partial charge in [0.25, 0.3) is 0 Å². The summed E-state index contributed by atoms with van der Waals surface area (Å²) in [6.07, 6.45) is 2.59. The minimum atomic E-state index is 0.398. The molecular weight excluding hydrogens is 210 g/mol. The lowest BCUT2D eigenvalue weighted by Crippen LogP contribution is -2.27. The van der Waals surface area contributed by atoms with E-state index in [1.807, 2.05) is 24.3 Å². The molecule has 2 nitrogen and oxygen atoms in total. The molecule has 3 heteroatoms. The fraction of sp³-hybridized carbons (Fsp3) is 0.500. The van der Waals surface area contributed by atoms with Gasteiger partial charge in [0.2, 0.25) is 0 Å². The summed E-state index contributed by atoms with van der Waals surface area (Å²) in [6.45, 7) is 0.746. The van der Waals surface area contributed by atoms with Crippen LogP contribution >= 0.6 is 11.6 Å². The molecule has 0 aliphatic heterocycles. The molecule has 1 aromatic carbocycles. The van der Waals surface area contributed by atoms with Crippen molar-refractivity contribution in [2.24, 2.45) is 5.92 Å². The van der Waals surface area contributed by atoms with Crippen LogP contribution in [-0.2, 0) is 4.74 Å². The van der Waals surface area contributed by atoms with Gasteiger partial charge in [0.05, 0.1) is 23.4 Å². The van der Waals surface area contributed by atoms with Crippen molar-refractivity contribution in [3.05, 3.63) is 29.3 Å². The molecule has 1 saturated carbocycles. The molecule has 1 fully saturated rings. The minimum Gasteiger partial charge on any atom is -0.383 e. The maximum Gasteiger partial charge on any atom is 0.0666 e. The molecule has 1 aliphatic rings. The fourth-order valence-electron chi connectivity index (χ4n) is 1.75. The number of nitrogens with one attached hydrogen (secondary N) is 1. The maximum absolute atomic E-state index is 6.09. The highest BCUT2D eigenvalue weighted by atomic mass is 35.5. The van der Waals surface area contributed by atoms with Crippen LogP contribution in [0, 0.1) is 5.92 Å². The van der Waals surface area contributed by atoms with Crippen molar-refractivity contribution in [1.29, 1.82) is 0 Å². The van der Waals surface area contributed by atoms with Gasteiger partial charge in [-0.2, -0.15) is 0 Å². The maximum atomic E-state index is 6.09. The highest BCUT2D eigenvalue weighted by Gasteiger charge is 2.31. The third kappa shape index (κ3) is 2.86. The van der Waals surface area contributed by atoms with Crippen LogP contribution < -0.4 is 5.32 Å². The minimum absolute atomic E-state index is 0.398. The van der Waals surface area contributed by atoms with Gasteiger partial charge in [0.15, 0.2) is 0 Å². The topological polar surface area (TPSA) is 21.3 Å². The molecule has 1 N–H and O–H groups in total. The van der Waals surface area contributed by atoms with Gasteiger partial charge in [-0.25, -0.2) is 0 Å². The molecular formula is C12H16ClNO. The Hall–Kier alpha value is -0.730. The highest BCUT2D eigenvalue weighted by molar-refractivity contribution is 6.33. The van der Waals surface area contributed by atoms with E-state index in [4.69, 9.17) is 16.3 Å². The molecule has 1 aliphatic carbocycles. The number of hydrogen-bond acceptors (Lipinski definition) is 2. The average Bonchev–Trinajstić information content (AvgIpc) is 3.04. The van der Waals surface area contributed by atoms with Gasteiger partial charge in [0.1, 0.15) is 0 Å². The van der Waals surface area contributed by atoms with E-state index in [9.17, 15) is 0 Å².